The summed E-state index contributed by atoms with van der Waals surface area (Å²) in [5.41, 5.74) is 1.20. The van der Waals surface area contributed by atoms with Gasteiger partial charge in [0.05, 0.1) is 11.5 Å². The Bertz CT molecular complexity index is 956. The van der Waals surface area contributed by atoms with Crippen molar-refractivity contribution in [3.8, 4) is 0 Å². The first kappa shape index (κ1) is 17.6. The van der Waals surface area contributed by atoms with Gasteiger partial charge in [0.15, 0.2) is 0 Å². The third-order valence-electron chi connectivity index (χ3n) is 4.05. The van der Waals surface area contributed by atoms with Crippen LogP contribution in [-0.2, 0) is 11.3 Å². The van der Waals surface area contributed by atoms with Gasteiger partial charge in [0.1, 0.15) is 5.69 Å². The number of benzene rings is 3. The second-order valence-corrected chi connectivity index (χ2v) is 6.18. The topological polar surface area (TPSA) is 75.5 Å². The fourth-order valence-electron chi connectivity index (χ4n) is 2.88. The molecule has 0 spiro atoms. The molecular weight excluding hydrogens is 330 g/mol. The van der Waals surface area contributed by atoms with E-state index in [1.807, 2.05) is 30.1 Å². The summed E-state index contributed by atoms with van der Waals surface area (Å²) in [6, 6.07) is 20.4. The van der Waals surface area contributed by atoms with Crippen molar-refractivity contribution in [3.63, 3.8) is 0 Å². The van der Waals surface area contributed by atoms with Crippen LogP contribution in [0.15, 0.2) is 66.7 Å². The van der Waals surface area contributed by atoms with Crippen LogP contribution in [0.2, 0.25) is 0 Å². The van der Waals surface area contributed by atoms with E-state index < -0.39 is 4.92 Å². The molecule has 0 aromatic heterocycles. The first-order valence-corrected chi connectivity index (χ1v) is 8.22. The second-order valence-electron chi connectivity index (χ2n) is 6.18. The number of fused-ring (bicyclic) bond motifs is 1. The first-order chi connectivity index (χ1) is 12.5. The summed E-state index contributed by atoms with van der Waals surface area (Å²) in [5.74, 6) is -0.289. The molecule has 1 amide bonds. The minimum Gasteiger partial charge on any atom is -0.319 e. The number of nitrogens with zero attached hydrogens (tertiary/aromatic N) is 2. The molecule has 0 unspecified atom stereocenters. The van der Waals surface area contributed by atoms with Crippen LogP contribution < -0.4 is 5.32 Å². The molecule has 0 bridgehead atoms. The fraction of sp³-hybridized carbons (Fsp3) is 0.150. The van der Waals surface area contributed by atoms with Crippen LogP contribution in [0, 0.1) is 10.1 Å². The van der Waals surface area contributed by atoms with E-state index >= 15 is 0 Å². The summed E-state index contributed by atoms with van der Waals surface area (Å²) in [7, 11) is 1.84. The molecule has 0 saturated carbocycles. The molecule has 0 aliphatic carbocycles. The average Bonchev–Trinajstić information content (AvgIpc) is 2.61. The lowest BCUT2D eigenvalue weighted by molar-refractivity contribution is -0.383. The predicted molar refractivity (Wildman–Crippen MR) is 102 cm³/mol. The highest BCUT2D eigenvalue weighted by Crippen LogP contribution is 2.23. The monoisotopic (exact) mass is 349 g/mol. The van der Waals surface area contributed by atoms with Crippen LogP contribution in [0.25, 0.3) is 10.8 Å². The fourth-order valence-corrected chi connectivity index (χ4v) is 2.88. The Morgan fingerprint density at radius 2 is 1.73 bits per heavy atom. The molecule has 26 heavy (non-hydrogen) atoms. The van der Waals surface area contributed by atoms with E-state index in [1.54, 1.807) is 12.1 Å². The maximum absolute atomic E-state index is 12.2. The van der Waals surface area contributed by atoms with E-state index in [2.05, 4.69) is 29.6 Å². The highest BCUT2D eigenvalue weighted by Gasteiger charge is 2.15. The normalized spacial score (nSPS) is 10.8. The number of carbonyl (C=O) groups is 1. The Kier molecular flexibility index (Phi) is 5.24. The van der Waals surface area contributed by atoms with E-state index in [1.165, 1.54) is 17.5 Å². The molecule has 0 heterocycles. The summed E-state index contributed by atoms with van der Waals surface area (Å²) in [6.45, 7) is 0.744. The lowest BCUT2D eigenvalue weighted by Gasteiger charge is -2.16. The van der Waals surface area contributed by atoms with Crippen molar-refractivity contribution in [1.82, 2.24) is 4.90 Å². The van der Waals surface area contributed by atoms with Gasteiger partial charge in [-0.25, -0.2) is 0 Å². The van der Waals surface area contributed by atoms with Crippen molar-refractivity contribution >= 4 is 28.1 Å². The third-order valence-corrected chi connectivity index (χ3v) is 4.05. The number of hydrogen-bond donors (Lipinski definition) is 1. The average molecular weight is 349 g/mol. The Labute approximate surface area is 151 Å². The van der Waals surface area contributed by atoms with Gasteiger partial charge in [0.2, 0.25) is 5.91 Å². The predicted octanol–water partition coefficient (Wildman–Crippen LogP) is 3.82. The maximum Gasteiger partial charge on any atom is 0.292 e. The van der Waals surface area contributed by atoms with Crippen molar-refractivity contribution < 1.29 is 9.72 Å². The van der Waals surface area contributed by atoms with Gasteiger partial charge >= 0.3 is 0 Å². The summed E-state index contributed by atoms with van der Waals surface area (Å²) in [6.07, 6.45) is 0. The first-order valence-electron chi connectivity index (χ1n) is 8.22. The Balaban J connectivity index is 1.63. The molecule has 132 valence electrons. The zero-order chi connectivity index (χ0) is 18.5. The number of anilines is 1. The van der Waals surface area contributed by atoms with E-state index in [0.29, 0.717) is 6.54 Å². The van der Waals surface area contributed by atoms with Gasteiger partial charge < -0.3 is 5.32 Å². The van der Waals surface area contributed by atoms with Crippen molar-refractivity contribution in [2.45, 2.75) is 6.54 Å². The second kappa shape index (κ2) is 7.76. The number of nitro groups is 1. The van der Waals surface area contributed by atoms with Crippen molar-refractivity contribution in [2.24, 2.45) is 0 Å². The van der Waals surface area contributed by atoms with Gasteiger partial charge in [0.25, 0.3) is 5.69 Å². The molecule has 0 atom stereocenters. The van der Waals surface area contributed by atoms with Crippen LogP contribution in [0.5, 0.6) is 0 Å². The lowest BCUT2D eigenvalue weighted by atomic mass is 10.1. The summed E-state index contributed by atoms with van der Waals surface area (Å²) < 4.78 is 0. The van der Waals surface area contributed by atoms with E-state index in [4.69, 9.17) is 0 Å². The molecular formula is C20H19N3O3. The number of para-hydroxylation sites is 2. The molecule has 0 fully saturated rings. The minimum absolute atomic E-state index is 0.113. The minimum atomic E-state index is -0.506. The van der Waals surface area contributed by atoms with Crippen molar-refractivity contribution in [1.29, 1.82) is 0 Å². The standard InChI is InChI=1S/C20H19N3O3/c1-22(13-15-10-11-16-6-2-3-7-17(16)12-15)14-20(24)21-18-8-4-5-9-19(18)23(25)26/h2-12H,13-14H2,1H3,(H,21,24). The molecule has 3 rings (SSSR count). The number of rotatable bonds is 6. The largest absolute Gasteiger partial charge is 0.319 e. The van der Waals surface area contributed by atoms with Crippen molar-refractivity contribution in [2.75, 3.05) is 18.9 Å². The van der Waals surface area contributed by atoms with E-state index in [-0.39, 0.29) is 23.8 Å². The van der Waals surface area contributed by atoms with Gasteiger partial charge in [-0.3, -0.25) is 19.8 Å². The van der Waals surface area contributed by atoms with Crippen LogP contribution in [-0.4, -0.2) is 29.3 Å². The van der Waals surface area contributed by atoms with Gasteiger partial charge in [-0.05, 0) is 35.5 Å². The number of nitro benzene ring substituents is 1. The van der Waals surface area contributed by atoms with Crippen molar-refractivity contribution in [3.05, 3.63) is 82.4 Å². The number of hydrogen-bond acceptors (Lipinski definition) is 4. The van der Waals surface area contributed by atoms with Gasteiger partial charge in [0, 0.05) is 12.6 Å². The molecule has 0 radical (unpaired) electrons. The smallest absolute Gasteiger partial charge is 0.292 e. The molecule has 6 nitrogen and oxygen atoms in total. The SMILES string of the molecule is CN(CC(=O)Nc1ccccc1[N+](=O)[O-])Cc1ccc2ccccc2c1. The molecule has 3 aromatic carbocycles. The summed E-state index contributed by atoms with van der Waals surface area (Å²) >= 11 is 0. The van der Waals surface area contributed by atoms with Crippen LogP contribution in [0.3, 0.4) is 0 Å². The molecule has 0 aliphatic heterocycles. The van der Waals surface area contributed by atoms with Crippen LogP contribution in [0.1, 0.15) is 5.56 Å². The van der Waals surface area contributed by atoms with Crippen LogP contribution in [0.4, 0.5) is 11.4 Å². The Hall–Kier alpha value is -3.25. The number of nitrogens with one attached hydrogen (secondary N) is 1. The highest BCUT2D eigenvalue weighted by atomic mass is 16.6. The third kappa shape index (κ3) is 4.23. The van der Waals surface area contributed by atoms with Crippen LogP contribution >= 0.6 is 0 Å². The van der Waals surface area contributed by atoms with Gasteiger partial charge in [-0.1, -0.05) is 48.5 Å². The number of carbonyl (C=O) groups excluding carboxylic acids is 1. The molecule has 3 aromatic rings. The summed E-state index contributed by atoms with van der Waals surface area (Å²) in [4.78, 5) is 24.6. The summed E-state index contributed by atoms with van der Waals surface area (Å²) in [5, 5.41) is 16.0. The molecule has 6 heteroatoms. The molecule has 0 aliphatic rings. The van der Waals surface area contributed by atoms with E-state index in [9.17, 15) is 14.9 Å². The molecule has 1 N–H and O–H groups in total. The van der Waals surface area contributed by atoms with Gasteiger partial charge in [-0.2, -0.15) is 0 Å². The Morgan fingerprint density at radius 1 is 1.04 bits per heavy atom. The number of likely N-dealkylation sites (N-methyl/N-ethyl adjacent to an activating group) is 1. The molecule has 0 saturated heterocycles. The maximum atomic E-state index is 12.2. The number of amides is 1. The zero-order valence-corrected chi connectivity index (χ0v) is 14.4. The Morgan fingerprint density at radius 3 is 2.50 bits per heavy atom. The lowest BCUT2D eigenvalue weighted by Crippen LogP contribution is -2.30. The van der Waals surface area contributed by atoms with E-state index in [0.717, 1.165) is 10.9 Å². The quantitative estimate of drug-likeness (QED) is 0.542. The van der Waals surface area contributed by atoms with Gasteiger partial charge in [-0.15, -0.1) is 0 Å². The zero-order valence-electron chi connectivity index (χ0n) is 14.4. The highest BCUT2D eigenvalue weighted by molar-refractivity contribution is 5.94.